The molecule has 0 amide bonds. The van der Waals surface area contributed by atoms with Crippen molar-refractivity contribution in [3.05, 3.63) is 6.33 Å². The summed E-state index contributed by atoms with van der Waals surface area (Å²) < 4.78 is 1.92. The van der Waals surface area contributed by atoms with Gasteiger partial charge in [-0.2, -0.15) is 0 Å². The summed E-state index contributed by atoms with van der Waals surface area (Å²) in [6.45, 7) is 2.96. The van der Waals surface area contributed by atoms with Gasteiger partial charge in [-0.1, -0.05) is 6.92 Å². The highest BCUT2D eigenvalue weighted by Gasteiger charge is 2.07. The van der Waals surface area contributed by atoms with Crippen LogP contribution in [0.2, 0.25) is 0 Å². The Hall–Kier alpha value is -1.72. The molecule has 2 aromatic rings. The third-order valence-corrected chi connectivity index (χ3v) is 1.81. The average Bonchev–Trinajstić information content (AvgIpc) is 2.51. The number of nitrogen functional groups attached to an aromatic ring is 1. The molecule has 0 saturated carbocycles. The van der Waals surface area contributed by atoms with Crippen molar-refractivity contribution in [3.8, 4) is 0 Å². The highest BCUT2D eigenvalue weighted by Crippen LogP contribution is 2.12. The molecule has 0 unspecified atom stereocenters. The SMILES string of the molecule is CCCn1cnc2c(N)nnnc21. The Morgan fingerprint density at radius 2 is 2.31 bits per heavy atom. The largest absolute Gasteiger partial charge is 0.380 e. The van der Waals surface area contributed by atoms with Crippen molar-refractivity contribution in [3.63, 3.8) is 0 Å². The van der Waals surface area contributed by atoms with Crippen molar-refractivity contribution in [1.82, 2.24) is 25.0 Å². The van der Waals surface area contributed by atoms with Crippen LogP contribution in [-0.4, -0.2) is 25.0 Å². The van der Waals surface area contributed by atoms with Crippen LogP contribution in [-0.2, 0) is 6.54 Å². The van der Waals surface area contributed by atoms with E-state index in [1.54, 1.807) is 6.33 Å². The van der Waals surface area contributed by atoms with E-state index in [9.17, 15) is 0 Å². The summed E-state index contributed by atoms with van der Waals surface area (Å²) in [6, 6.07) is 0. The zero-order valence-electron chi connectivity index (χ0n) is 7.30. The van der Waals surface area contributed by atoms with E-state index < -0.39 is 0 Å². The van der Waals surface area contributed by atoms with Crippen LogP contribution in [0.1, 0.15) is 13.3 Å². The summed E-state index contributed by atoms with van der Waals surface area (Å²) in [5, 5.41) is 11.0. The van der Waals surface area contributed by atoms with E-state index in [0.29, 0.717) is 17.0 Å². The highest BCUT2D eigenvalue weighted by molar-refractivity contribution is 5.80. The zero-order chi connectivity index (χ0) is 9.26. The molecule has 2 heterocycles. The predicted molar refractivity (Wildman–Crippen MR) is 47.8 cm³/mol. The van der Waals surface area contributed by atoms with Crippen molar-refractivity contribution >= 4 is 17.0 Å². The summed E-state index contributed by atoms with van der Waals surface area (Å²) in [5.74, 6) is 0.333. The van der Waals surface area contributed by atoms with Crippen LogP contribution in [0.3, 0.4) is 0 Å². The predicted octanol–water partition coefficient (Wildman–Crippen LogP) is 0.213. The van der Waals surface area contributed by atoms with Gasteiger partial charge in [-0.3, -0.25) is 0 Å². The Labute approximate surface area is 74.8 Å². The number of rotatable bonds is 2. The van der Waals surface area contributed by atoms with E-state index in [1.807, 2.05) is 4.57 Å². The number of hydrogen-bond acceptors (Lipinski definition) is 5. The second kappa shape index (κ2) is 2.96. The molecule has 0 fully saturated rings. The molecular formula is C7H10N6. The molecule has 6 heteroatoms. The lowest BCUT2D eigenvalue weighted by Crippen LogP contribution is -2.00. The molecule has 2 rings (SSSR count). The van der Waals surface area contributed by atoms with Crippen molar-refractivity contribution < 1.29 is 0 Å². The maximum atomic E-state index is 5.58. The molecule has 0 bridgehead atoms. The van der Waals surface area contributed by atoms with Crippen molar-refractivity contribution in [1.29, 1.82) is 0 Å². The van der Waals surface area contributed by atoms with Crippen LogP contribution >= 0.6 is 0 Å². The molecule has 6 nitrogen and oxygen atoms in total. The molecule has 0 atom stereocenters. The van der Waals surface area contributed by atoms with E-state index in [0.717, 1.165) is 13.0 Å². The number of nitrogens with zero attached hydrogens (tertiary/aromatic N) is 5. The Balaban J connectivity index is 2.61. The third-order valence-electron chi connectivity index (χ3n) is 1.81. The van der Waals surface area contributed by atoms with Gasteiger partial charge in [0, 0.05) is 6.54 Å². The Morgan fingerprint density at radius 3 is 3.08 bits per heavy atom. The minimum atomic E-state index is 0.333. The van der Waals surface area contributed by atoms with Gasteiger partial charge < -0.3 is 10.3 Å². The average molecular weight is 178 g/mol. The Morgan fingerprint density at radius 1 is 1.46 bits per heavy atom. The summed E-state index contributed by atoms with van der Waals surface area (Å²) in [6.07, 6.45) is 2.73. The van der Waals surface area contributed by atoms with Crippen LogP contribution in [0.5, 0.6) is 0 Å². The van der Waals surface area contributed by atoms with E-state index in [-0.39, 0.29) is 0 Å². The second-order valence-electron chi connectivity index (χ2n) is 2.78. The minimum absolute atomic E-state index is 0.333. The van der Waals surface area contributed by atoms with E-state index in [2.05, 4.69) is 27.3 Å². The van der Waals surface area contributed by atoms with Crippen LogP contribution in [0.4, 0.5) is 5.82 Å². The minimum Gasteiger partial charge on any atom is -0.380 e. The summed E-state index contributed by atoms with van der Waals surface area (Å²) in [4.78, 5) is 4.11. The molecule has 0 aliphatic rings. The molecule has 2 N–H and O–H groups in total. The first-order valence-electron chi connectivity index (χ1n) is 4.12. The first-order chi connectivity index (χ1) is 6.33. The van der Waals surface area contributed by atoms with E-state index in [4.69, 9.17) is 5.73 Å². The van der Waals surface area contributed by atoms with Gasteiger partial charge in [0.2, 0.25) is 0 Å². The first-order valence-corrected chi connectivity index (χ1v) is 4.12. The van der Waals surface area contributed by atoms with Crippen LogP contribution in [0, 0.1) is 0 Å². The molecule has 0 spiro atoms. The van der Waals surface area contributed by atoms with Gasteiger partial charge in [0.1, 0.15) is 0 Å². The molecule has 0 aliphatic heterocycles. The fraction of sp³-hybridized carbons (Fsp3) is 0.429. The monoisotopic (exact) mass is 178 g/mol. The number of hydrogen-bond donors (Lipinski definition) is 1. The fourth-order valence-electron chi connectivity index (χ4n) is 1.23. The van der Waals surface area contributed by atoms with Crippen molar-refractivity contribution in [2.45, 2.75) is 19.9 Å². The second-order valence-corrected chi connectivity index (χ2v) is 2.78. The summed E-state index contributed by atoms with van der Waals surface area (Å²) >= 11 is 0. The smallest absolute Gasteiger partial charge is 0.188 e. The molecule has 13 heavy (non-hydrogen) atoms. The lowest BCUT2D eigenvalue weighted by atomic mass is 10.4. The van der Waals surface area contributed by atoms with Crippen LogP contribution in [0.15, 0.2) is 6.33 Å². The Bertz CT molecular complexity index is 420. The normalized spacial score (nSPS) is 10.8. The maximum absolute atomic E-state index is 5.58. The topological polar surface area (TPSA) is 82.5 Å². The standard InChI is InChI=1S/C7H10N6/c1-2-3-13-4-9-5-6(8)10-12-11-7(5)13/h4H,2-3H2,1H3,(H2,8,10,11). The number of imidazole rings is 1. The molecule has 0 aliphatic carbocycles. The molecular weight excluding hydrogens is 168 g/mol. The molecule has 0 radical (unpaired) electrons. The number of nitrogens with two attached hydrogens (primary N) is 1. The van der Waals surface area contributed by atoms with Crippen molar-refractivity contribution in [2.24, 2.45) is 0 Å². The van der Waals surface area contributed by atoms with Crippen LogP contribution in [0.25, 0.3) is 11.2 Å². The molecule has 2 aromatic heterocycles. The number of aryl methyl sites for hydroxylation is 1. The maximum Gasteiger partial charge on any atom is 0.188 e. The number of fused-ring (bicyclic) bond motifs is 1. The number of aromatic nitrogens is 5. The van der Waals surface area contributed by atoms with Gasteiger partial charge in [0.25, 0.3) is 0 Å². The lowest BCUT2D eigenvalue weighted by Gasteiger charge is -1.98. The Kier molecular flexibility index (Phi) is 1.80. The number of anilines is 1. The lowest BCUT2D eigenvalue weighted by molar-refractivity contribution is 0.685. The van der Waals surface area contributed by atoms with E-state index in [1.165, 1.54) is 0 Å². The molecule has 68 valence electrons. The van der Waals surface area contributed by atoms with Gasteiger partial charge in [-0.25, -0.2) is 4.98 Å². The molecule has 0 saturated heterocycles. The van der Waals surface area contributed by atoms with Gasteiger partial charge in [0.05, 0.1) is 6.33 Å². The molecule has 0 aromatic carbocycles. The van der Waals surface area contributed by atoms with Gasteiger partial charge in [-0.15, -0.1) is 10.2 Å². The fourth-order valence-corrected chi connectivity index (χ4v) is 1.23. The van der Waals surface area contributed by atoms with Gasteiger partial charge in [0.15, 0.2) is 17.0 Å². The zero-order valence-corrected chi connectivity index (χ0v) is 7.30. The quantitative estimate of drug-likeness (QED) is 0.710. The van der Waals surface area contributed by atoms with Crippen molar-refractivity contribution in [2.75, 3.05) is 5.73 Å². The van der Waals surface area contributed by atoms with Crippen LogP contribution < -0.4 is 5.73 Å². The van der Waals surface area contributed by atoms with Gasteiger partial charge >= 0.3 is 0 Å². The summed E-state index contributed by atoms with van der Waals surface area (Å²) in [7, 11) is 0. The highest BCUT2D eigenvalue weighted by atomic mass is 15.4. The first kappa shape index (κ1) is 7.90. The summed E-state index contributed by atoms with van der Waals surface area (Å²) in [5.41, 5.74) is 6.91. The van der Waals surface area contributed by atoms with E-state index >= 15 is 0 Å². The third kappa shape index (κ3) is 1.20. The van der Waals surface area contributed by atoms with Gasteiger partial charge in [-0.05, 0) is 11.6 Å².